The first-order valence-corrected chi connectivity index (χ1v) is 7.59. The Kier molecular flexibility index (Phi) is 11.3. The molecular weight excluding hydrogens is 404 g/mol. The van der Waals surface area contributed by atoms with Gasteiger partial charge in [0.1, 0.15) is 0 Å². The summed E-state index contributed by atoms with van der Waals surface area (Å²) in [6, 6.07) is 0. The van der Waals surface area contributed by atoms with Gasteiger partial charge in [0.25, 0.3) is 0 Å². The molecule has 2 atom stereocenters. The SMILES string of the molecule is CC(CC(=O)O)(CC(=O)O)C(=O)O.O=C(O)CC(C(=O)O)C(CC(=O)O)C(=O)O. The lowest BCUT2D eigenvalue weighted by atomic mass is 9.83. The molecular formula is C15H20O14. The zero-order chi connectivity index (χ0) is 23.5. The molecule has 0 rings (SSSR count). The van der Waals surface area contributed by atoms with Gasteiger partial charge < -0.3 is 35.7 Å². The van der Waals surface area contributed by atoms with E-state index in [1.165, 1.54) is 0 Å². The molecule has 0 fully saturated rings. The zero-order valence-electron chi connectivity index (χ0n) is 15.0. The van der Waals surface area contributed by atoms with Crippen molar-refractivity contribution in [3.8, 4) is 0 Å². The van der Waals surface area contributed by atoms with Gasteiger partial charge in [0, 0.05) is 0 Å². The number of carbonyl (C=O) groups is 7. The molecule has 0 amide bonds. The lowest BCUT2D eigenvalue weighted by Crippen LogP contribution is -2.33. The van der Waals surface area contributed by atoms with Crippen LogP contribution < -0.4 is 0 Å². The van der Waals surface area contributed by atoms with Crippen LogP contribution >= 0.6 is 0 Å². The van der Waals surface area contributed by atoms with E-state index in [9.17, 15) is 33.6 Å². The van der Waals surface area contributed by atoms with E-state index >= 15 is 0 Å². The van der Waals surface area contributed by atoms with Crippen molar-refractivity contribution in [2.24, 2.45) is 17.3 Å². The summed E-state index contributed by atoms with van der Waals surface area (Å²) in [6.07, 6.45) is -3.26. The van der Waals surface area contributed by atoms with Crippen molar-refractivity contribution in [1.29, 1.82) is 0 Å². The van der Waals surface area contributed by atoms with Gasteiger partial charge in [0.15, 0.2) is 0 Å². The van der Waals surface area contributed by atoms with Crippen molar-refractivity contribution in [3.05, 3.63) is 0 Å². The third-order valence-electron chi connectivity index (χ3n) is 3.51. The molecule has 0 aromatic carbocycles. The maximum atomic E-state index is 10.6. The highest BCUT2D eigenvalue weighted by molar-refractivity contribution is 5.87. The van der Waals surface area contributed by atoms with Crippen LogP contribution in [0.25, 0.3) is 0 Å². The molecule has 0 spiro atoms. The number of rotatable bonds is 12. The van der Waals surface area contributed by atoms with Crippen molar-refractivity contribution >= 4 is 41.8 Å². The second kappa shape index (κ2) is 11.9. The van der Waals surface area contributed by atoms with Crippen LogP contribution in [0.4, 0.5) is 0 Å². The second-order valence-corrected chi connectivity index (χ2v) is 6.09. The summed E-state index contributed by atoms with van der Waals surface area (Å²) in [5, 5.41) is 59.4. The normalized spacial score (nSPS) is 12.4. The van der Waals surface area contributed by atoms with Crippen LogP contribution in [0.2, 0.25) is 0 Å². The van der Waals surface area contributed by atoms with E-state index in [0.717, 1.165) is 6.92 Å². The quantitative estimate of drug-likeness (QED) is 0.205. The average molecular weight is 424 g/mol. The summed E-state index contributed by atoms with van der Waals surface area (Å²) in [5.74, 6) is -13.9. The molecule has 0 saturated heterocycles. The molecule has 0 saturated carbocycles. The molecule has 0 aliphatic carbocycles. The molecule has 14 heteroatoms. The van der Waals surface area contributed by atoms with Crippen LogP contribution in [-0.4, -0.2) is 77.5 Å². The van der Waals surface area contributed by atoms with Crippen molar-refractivity contribution in [2.45, 2.75) is 32.6 Å². The fourth-order valence-corrected chi connectivity index (χ4v) is 2.06. The lowest BCUT2D eigenvalue weighted by molar-refractivity contribution is -0.160. The molecule has 0 radical (unpaired) electrons. The fourth-order valence-electron chi connectivity index (χ4n) is 2.06. The molecule has 2 unspecified atom stereocenters. The van der Waals surface area contributed by atoms with Crippen LogP contribution in [0.3, 0.4) is 0 Å². The first-order chi connectivity index (χ1) is 13.0. The molecule has 0 heterocycles. The number of hydrogen-bond donors (Lipinski definition) is 7. The summed E-state index contributed by atoms with van der Waals surface area (Å²) >= 11 is 0. The number of carboxylic acid groups (broad SMARTS) is 7. The predicted octanol–water partition coefficient (Wildman–Crippen LogP) is -0.636. The minimum absolute atomic E-state index is 0.700. The Morgan fingerprint density at radius 1 is 0.586 bits per heavy atom. The largest absolute Gasteiger partial charge is 0.481 e. The lowest BCUT2D eigenvalue weighted by Gasteiger charge is -2.19. The second-order valence-electron chi connectivity index (χ2n) is 6.09. The molecule has 0 aliphatic rings. The number of carboxylic acids is 7. The Hall–Kier alpha value is -3.71. The van der Waals surface area contributed by atoms with Crippen molar-refractivity contribution in [3.63, 3.8) is 0 Å². The van der Waals surface area contributed by atoms with Crippen molar-refractivity contribution in [2.75, 3.05) is 0 Å². The minimum atomic E-state index is -1.76. The topological polar surface area (TPSA) is 261 Å². The standard InChI is InChI=1S/C8H10O8.C7H10O6/c9-5(10)1-3(7(13)14)4(8(15)16)2-6(11)12;1-7(6(12)13,2-4(8)9)3-5(10)11/h3-4H,1-2H2,(H,9,10)(H,11,12)(H,13,14)(H,15,16);2-3H2,1H3,(H,8,9)(H,10,11)(H,12,13). The average Bonchev–Trinajstić information content (AvgIpc) is 2.48. The summed E-state index contributed by atoms with van der Waals surface area (Å²) in [7, 11) is 0. The smallest absolute Gasteiger partial charge is 0.310 e. The number of aliphatic carboxylic acids is 7. The Morgan fingerprint density at radius 2 is 0.862 bits per heavy atom. The molecule has 0 bridgehead atoms. The van der Waals surface area contributed by atoms with Gasteiger partial charge in [0.2, 0.25) is 0 Å². The van der Waals surface area contributed by atoms with E-state index in [1.54, 1.807) is 0 Å². The Balaban J connectivity index is 0. The highest BCUT2D eigenvalue weighted by Gasteiger charge is 2.38. The van der Waals surface area contributed by atoms with Gasteiger partial charge in [-0.15, -0.1) is 0 Å². The molecule has 29 heavy (non-hydrogen) atoms. The van der Waals surface area contributed by atoms with Crippen molar-refractivity contribution in [1.82, 2.24) is 0 Å². The maximum Gasteiger partial charge on any atom is 0.310 e. The van der Waals surface area contributed by atoms with E-state index in [1.807, 2.05) is 0 Å². The Labute approximate surface area is 162 Å². The Bertz CT molecular complexity index is 631. The fraction of sp³-hybridized carbons (Fsp3) is 0.533. The molecule has 164 valence electrons. The maximum absolute atomic E-state index is 10.6. The van der Waals surface area contributed by atoms with Gasteiger partial charge in [0.05, 0.1) is 42.9 Å². The highest BCUT2D eigenvalue weighted by atomic mass is 16.4. The monoisotopic (exact) mass is 424 g/mol. The summed E-state index contributed by atoms with van der Waals surface area (Å²) in [6.45, 7) is 1.09. The van der Waals surface area contributed by atoms with Crippen molar-refractivity contribution < 1.29 is 69.3 Å². The van der Waals surface area contributed by atoms with Gasteiger partial charge in [-0.1, -0.05) is 0 Å². The molecule has 14 nitrogen and oxygen atoms in total. The van der Waals surface area contributed by atoms with E-state index < -0.39 is 84.7 Å². The van der Waals surface area contributed by atoms with Crippen LogP contribution in [0.15, 0.2) is 0 Å². The molecule has 0 aromatic rings. The van der Waals surface area contributed by atoms with Gasteiger partial charge in [-0.05, 0) is 6.92 Å². The zero-order valence-corrected chi connectivity index (χ0v) is 15.0. The first kappa shape index (κ1) is 27.5. The van der Waals surface area contributed by atoms with E-state index in [2.05, 4.69) is 0 Å². The van der Waals surface area contributed by atoms with E-state index in [4.69, 9.17) is 35.7 Å². The molecule has 0 aromatic heterocycles. The van der Waals surface area contributed by atoms with E-state index in [0.29, 0.717) is 0 Å². The summed E-state index contributed by atoms with van der Waals surface area (Å²) < 4.78 is 0. The van der Waals surface area contributed by atoms with Crippen LogP contribution in [0, 0.1) is 17.3 Å². The third kappa shape index (κ3) is 11.6. The summed E-state index contributed by atoms with van der Waals surface area (Å²) in [4.78, 5) is 73.0. The van der Waals surface area contributed by atoms with Gasteiger partial charge in [-0.2, -0.15) is 0 Å². The first-order valence-electron chi connectivity index (χ1n) is 7.59. The van der Waals surface area contributed by atoms with Gasteiger partial charge in [-0.25, -0.2) is 0 Å². The van der Waals surface area contributed by atoms with Gasteiger partial charge in [-0.3, -0.25) is 33.6 Å². The highest BCUT2D eigenvalue weighted by Crippen LogP contribution is 2.26. The third-order valence-corrected chi connectivity index (χ3v) is 3.51. The van der Waals surface area contributed by atoms with Crippen LogP contribution in [-0.2, 0) is 33.6 Å². The molecule has 0 aliphatic heterocycles. The summed E-state index contributed by atoms with van der Waals surface area (Å²) in [5.41, 5.74) is -1.74. The van der Waals surface area contributed by atoms with Gasteiger partial charge >= 0.3 is 41.8 Å². The minimum Gasteiger partial charge on any atom is -0.481 e. The van der Waals surface area contributed by atoms with Crippen LogP contribution in [0.1, 0.15) is 32.6 Å². The molecule has 7 N–H and O–H groups in total. The number of hydrogen-bond acceptors (Lipinski definition) is 7. The van der Waals surface area contributed by atoms with E-state index in [-0.39, 0.29) is 0 Å². The predicted molar refractivity (Wildman–Crippen MR) is 87.0 cm³/mol. The van der Waals surface area contributed by atoms with Crippen LogP contribution in [0.5, 0.6) is 0 Å². The Morgan fingerprint density at radius 3 is 1.00 bits per heavy atom.